The zero-order valence-electron chi connectivity index (χ0n) is 12.6. The molecule has 0 bridgehead atoms. The summed E-state index contributed by atoms with van der Waals surface area (Å²) in [6.45, 7) is 1.81. The summed E-state index contributed by atoms with van der Waals surface area (Å²) in [5, 5.41) is 11.0. The molecule has 0 radical (unpaired) electrons. The third kappa shape index (κ3) is 3.17. The molecule has 2 aromatic rings. The standard InChI is InChI=1S/C17H13F3O3S/c1-9-5-10(7-12-3-2-4-24-12)14-11(6-9)8-13(16(21)22)15(23-14)17(18,19)20/h2-6,8,15H,7H2,1H3,(H,21,22). The second kappa shape index (κ2) is 5.98. The maximum absolute atomic E-state index is 13.2. The van der Waals surface area contributed by atoms with Gasteiger partial charge in [0.05, 0.1) is 5.57 Å². The van der Waals surface area contributed by atoms with Gasteiger partial charge < -0.3 is 9.84 Å². The average molecular weight is 354 g/mol. The van der Waals surface area contributed by atoms with Crippen LogP contribution >= 0.6 is 11.3 Å². The first kappa shape index (κ1) is 16.6. The molecule has 0 fully saturated rings. The lowest BCUT2D eigenvalue weighted by Gasteiger charge is -2.28. The fraction of sp³-hybridized carbons (Fsp3) is 0.235. The van der Waals surface area contributed by atoms with Gasteiger partial charge in [0, 0.05) is 22.4 Å². The number of thiophene rings is 1. The van der Waals surface area contributed by atoms with Crippen molar-refractivity contribution >= 4 is 23.4 Å². The Hall–Kier alpha value is -2.28. The van der Waals surface area contributed by atoms with Gasteiger partial charge in [-0.05, 0) is 36.1 Å². The van der Waals surface area contributed by atoms with Crippen molar-refractivity contribution in [2.75, 3.05) is 0 Å². The number of rotatable bonds is 3. The monoisotopic (exact) mass is 354 g/mol. The first-order chi connectivity index (χ1) is 11.3. The molecule has 1 aromatic heterocycles. The minimum Gasteiger partial charge on any atom is -0.478 e. The van der Waals surface area contributed by atoms with Crippen LogP contribution < -0.4 is 4.74 Å². The van der Waals surface area contributed by atoms with Crippen LogP contribution in [0.1, 0.15) is 21.6 Å². The molecule has 1 aromatic carbocycles. The molecule has 0 amide bonds. The van der Waals surface area contributed by atoms with Gasteiger partial charge in [0.2, 0.25) is 6.10 Å². The Morgan fingerprint density at radius 2 is 2.12 bits per heavy atom. The second-order valence-corrected chi connectivity index (χ2v) is 6.58. The summed E-state index contributed by atoms with van der Waals surface area (Å²) in [7, 11) is 0. The van der Waals surface area contributed by atoms with Crippen molar-refractivity contribution in [1.29, 1.82) is 0 Å². The number of carboxylic acid groups (broad SMARTS) is 1. The van der Waals surface area contributed by atoms with Crippen LogP contribution in [-0.2, 0) is 11.2 Å². The number of hydrogen-bond acceptors (Lipinski definition) is 3. The lowest BCUT2D eigenvalue weighted by Crippen LogP contribution is -2.40. The summed E-state index contributed by atoms with van der Waals surface area (Å²) in [5.41, 5.74) is 1.000. The SMILES string of the molecule is Cc1cc2c(c(Cc3cccs3)c1)OC(C(F)(F)F)C(C(=O)O)=C2. The number of benzene rings is 1. The number of carbonyl (C=O) groups is 1. The molecule has 1 atom stereocenters. The highest BCUT2D eigenvalue weighted by atomic mass is 32.1. The predicted octanol–water partition coefficient (Wildman–Crippen LogP) is 4.44. The molecule has 0 saturated carbocycles. The number of ether oxygens (including phenoxy) is 1. The van der Waals surface area contributed by atoms with E-state index in [1.54, 1.807) is 12.1 Å². The molecular formula is C17H13F3O3S. The molecule has 3 nitrogen and oxygen atoms in total. The van der Waals surface area contributed by atoms with Gasteiger partial charge in [-0.2, -0.15) is 13.2 Å². The molecule has 1 aliphatic rings. The van der Waals surface area contributed by atoms with Gasteiger partial charge in [-0.25, -0.2) is 4.79 Å². The van der Waals surface area contributed by atoms with Crippen LogP contribution in [0.15, 0.2) is 35.2 Å². The number of aliphatic carboxylic acids is 1. The summed E-state index contributed by atoms with van der Waals surface area (Å²) < 4.78 is 44.8. The van der Waals surface area contributed by atoms with Gasteiger partial charge in [0.1, 0.15) is 5.75 Å². The topological polar surface area (TPSA) is 46.5 Å². The molecule has 0 aliphatic carbocycles. The molecule has 3 rings (SSSR count). The van der Waals surface area contributed by atoms with E-state index in [-0.39, 0.29) is 5.75 Å². The van der Waals surface area contributed by atoms with E-state index in [2.05, 4.69) is 0 Å². The Morgan fingerprint density at radius 3 is 2.71 bits per heavy atom. The maximum Gasteiger partial charge on any atom is 0.430 e. The fourth-order valence-electron chi connectivity index (χ4n) is 2.70. The lowest BCUT2D eigenvalue weighted by atomic mass is 9.95. The molecule has 2 heterocycles. The van der Waals surface area contributed by atoms with E-state index >= 15 is 0 Å². The van der Waals surface area contributed by atoms with Gasteiger partial charge in [0.25, 0.3) is 0 Å². The van der Waals surface area contributed by atoms with Crippen LogP contribution in [0.25, 0.3) is 6.08 Å². The number of fused-ring (bicyclic) bond motifs is 1. The van der Waals surface area contributed by atoms with Crippen LogP contribution in [0, 0.1) is 6.92 Å². The fourth-order valence-corrected chi connectivity index (χ4v) is 3.43. The third-order valence-electron chi connectivity index (χ3n) is 3.66. The molecule has 126 valence electrons. The summed E-state index contributed by atoms with van der Waals surface area (Å²) in [4.78, 5) is 12.2. The van der Waals surface area contributed by atoms with Crippen LogP contribution in [0.5, 0.6) is 5.75 Å². The number of carboxylic acids is 1. The van der Waals surface area contributed by atoms with Crippen LogP contribution in [0.3, 0.4) is 0 Å². The van der Waals surface area contributed by atoms with E-state index in [1.807, 2.05) is 24.4 Å². The van der Waals surface area contributed by atoms with Crippen LogP contribution in [-0.4, -0.2) is 23.4 Å². The summed E-state index contributed by atoms with van der Waals surface area (Å²) >= 11 is 1.50. The van der Waals surface area contributed by atoms with Gasteiger partial charge in [-0.15, -0.1) is 11.3 Å². The molecule has 7 heteroatoms. The summed E-state index contributed by atoms with van der Waals surface area (Å²) in [6, 6.07) is 7.15. The van der Waals surface area contributed by atoms with Gasteiger partial charge in [-0.3, -0.25) is 0 Å². The Labute approximate surface area is 140 Å². The Kier molecular flexibility index (Phi) is 4.13. The smallest absolute Gasteiger partial charge is 0.430 e. The second-order valence-electron chi connectivity index (χ2n) is 5.54. The maximum atomic E-state index is 13.2. The molecule has 1 unspecified atom stereocenters. The zero-order chi connectivity index (χ0) is 17.5. The quantitative estimate of drug-likeness (QED) is 0.886. The lowest BCUT2D eigenvalue weighted by molar-refractivity contribution is -0.187. The Morgan fingerprint density at radius 1 is 1.38 bits per heavy atom. The van der Waals surface area contributed by atoms with E-state index in [0.717, 1.165) is 16.5 Å². The van der Waals surface area contributed by atoms with Crippen molar-refractivity contribution in [3.63, 3.8) is 0 Å². The third-order valence-corrected chi connectivity index (χ3v) is 4.53. The van der Waals surface area contributed by atoms with Crippen molar-refractivity contribution in [3.05, 3.63) is 56.8 Å². The van der Waals surface area contributed by atoms with Gasteiger partial charge in [-0.1, -0.05) is 12.1 Å². The van der Waals surface area contributed by atoms with E-state index in [0.29, 0.717) is 17.5 Å². The van der Waals surface area contributed by atoms with E-state index < -0.39 is 23.8 Å². The molecule has 0 saturated heterocycles. The largest absolute Gasteiger partial charge is 0.478 e. The predicted molar refractivity (Wildman–Crippen MR) is 84.4 cm³/mol. The van der Waals surface area contributed by atoms with Crippen LogP contribution in [0.2, 0.25) is 0 Å². The first-order valence-corrected chi connectivity index (χ1v) is 7.98. The van der Waals surface area contributed by atoms with Crippen molar-refractivity contribution in [2.45, 2.75) is 25.6 Å². The van der Waals surface area contributed by atoms with Crippen molar-refractivity contribution < 1.29 is 27.8 Å². The first-order valence-electron chi connectivity index (χ1n) is 7.10. The molecule has 0 spiro atoms. The number of alkyl halides is 3. The van der Waals surface area contributed by atoms with Crippen LogP contribution in [0.4, 0.5) is 13.2 Å². The minimum atomic E-state index is -4.80. The highest BCUT2D eigenvalue weighted by molar-refractivity contribution is 7.09. The van der Waals surface area contributed by atoms with Crippen molar-refractivity contribution in [2.24, 2.45) is 0 Å². The van der Waals surface area contributed by atoms with E-state index in [9.17, 15) is 18.0 Å². The van der Waals surface area contributed by atoms with E-state index in [4.69, 9.17) is 9.84 Å². The summed E-state index contributed by atoms with van der Waals surface area (Å²) in [6.07, 6.45) is -5.77. The molecular weight excluding hydrogens is 341 g/mol. The normalized spacial score (nSPS) is 17.0. The molecule has 1 aliphatic heterocycles. The highest BCUT2D eigenvalue weighted by Gasteiger charge is 2.48. The number of hydrogen-bond donors (Lipinski definition) is 1. The van der Waals surface area contributed by atoms with Gasteiger partial charge in [0.15, 0.2) is 0 Å². The zero-order valence-corrected chi connectivity index (χ0v) is 13.4. The van der Waals surface area contributed by atoms with Crippen molar-refractivity contribution in [1.82, 2.24) is 0 Å². The number of halogens is 3. The molecule has 1 N–H and O–H groups in total. The number of aryl methyl sites for hydroxylation is 1. The highest BCUT2D eigenvalue weighted by Crippen LogP contribution is 2.40. The Balaban J connectivity index is 2.11. The Bertz CT molecular complexity index is 807. The van der Waals surface area contributed by atoms with Gasteiger partial charge >= 0.3 is 12.1 Å². The minimum absolute atomic E-state index is 0.0984. The van der Waals surface area contributed by atoms with E-state index in [1.165, 1.54) is 11.3 Å². The summed E-state index contributed by atoms with van der Waals surface area (Å²) in [5.74, 6) is -1.54. The average Bonchev–Trinajstić information content (AvgIpc) is 2.97. The molecule has 24 heavy (non-hydrogen) atoms. The van der Waals surface area contributed by atoms with Crippen molar-refractivity contribution in [3.8, 4) is 5.75 Å².